The number of aryl methyl sites for hydroxylation is 2. The number of ketones is 1. The minimum Gasteiger partial charge on any atom is -0.477 e. The smallest absolute Gasteiger partial charge is 0.477 e. The number of carbonyl (C=O) groups excluding carboxylic acids is 3. The van der Waals surface area contributed by atoms with Gasteiger partial charge in [-0.3, -0.25) is 14.4 Å². The number of carboxylic acids is 1. The summed E-state index contributed by atoms with van der Waals surface area (Å²) in [5.41, 5.74) is -2.74. The Balaban J connectivity index is 1.20. The fraction of sp³-hybridized carbons (Fsp3) is 0.776. The molecule has 0 spiro atoms. The zero-order chi connectivity index (χ0) is 57.8. The molecule has 5 heterocycles. The number of carboxylic acid groups (broad SMARTS) is 1. The molecule has 0 amide bonds. The largest absolute Gasteiger partial charge is 0.509 e. The van der Waals surface area contributed by atoms with Gasteiger partial charge in [0.2, 0.25) is 5.43 Å². The van der Waals surface area contributed by atoms with Gasteiger partial charge in [-0.2, -0.15) is 0 Å². The van der Waals surface area contributed by atoms with Crippen LogP contribution in [0.2, 0.25) is 0 Å². The number of ether oxygens (including phenoxy) is 10. The van der Waals surface area contributed by atoms with E-state index in [4.69, 9.17) is 47.4 Å². The molecule has 2 aromatic rings. The van der Waals surface area contributed by atoms with Gasteiger partial charge in [0.25, 0.3) is 0 Å². The molecular formula is C58H91N3O17. The molecule has 0 unspecified atom stereocenters. The number of aromatic carboxylic acids is 1. The van der Waals surface area contributed by atoms with Crippen molar-refractivity contribution >= 4 is 34.8 Å². The third-order valence-electron chi connectivity index (χ3n) is 17.4. The number of nitrogens with zero attached hydrogens (tertiary/aromatic N) is 3. The lowest BCUT2D eigenvalue weighted by Crippen LogP contribution is -2.61. The Bertz CT molecular complexity index is 2450. The number of cyclic esters (lactones) is 1. The fourth-order valence-electron chi connectivity index (χ4n) is 12.7. The van der Waals surface area contributed by atoms with Crippen LogP contribution in [0.1, 0.15) is 131 Å². The average Bonchev–Trinajstić information content (AvgIpc) is 3.79. The maximum atomic E-state index is 14.8. The van der Waals surface area contributed by atoms with Gasteiger partial charge >= 0.3 is 18.1 Å². The van der Waals surface area contributed by atoms with Crippen LogP contribution in [0.25, 0.3) is 10.9 Å². The molecule has 0 bridgehead atoms. The van der Waals surface area contributed by atoms with Crippen LogP contribution < -0.4 is 5.43 Å². The number of hydrogen-bond donors (Lipinski definition) is 2. The maximum Gasteiger partial charge on any atom is 0.509 e. The summed E-state index contributed by atoms with van der Waals surface area (Å²) >= 11 is 0. The van der Waals surface area contributed by atoms with Gasteiger partial charge in [0, 0.05) is 69.8 Å². The second kappa shape index (κ2) is 26.2. The molecule has 4 saturated heterocycles. The molecular weight excluding hydrogens is 1010 g/mol. The van der Waals surface area contributed by atoms with Crippen LogP contribution in [-0.4, -0.2) is 188 Å². The zero-order valence-electron chi connectivity index (χ0n) is 49.1. The normalized spacial score (nSPS) is 37.2. The summed E-state index contributed by atoms with van der Waals surface area (Å²) < 4.78 is 66.1. The highest BCUT2D eigenvalue weighted by Gasteiger charge is 2.60. The first-order chi connectivity index (χ1) is 36.7. The van der Waals surface area contributed by atoms with Crippen LogP contribution in [-0.2, 0) is 69.9 Å². The molecule has 440 valence electrons. The first-order valence-corrected chi connectivity index (χ1v) is 28.1. The number of carbonyl (C=O) groups is 4. The summed E-state index contributed by atoms with van der Waals surface area (Å²) in [5, 5.41) is 21.9. The van der Waals surface area contributed by atoms with Crippen LogP contribution in [0.15, 0.2) is 29.2 Å². The van der Waals surface area contributed by atoms with E-state index in [0.29, 0.717) is 43.3 Å². The number of aliphatic hydroxyl groups excluding tert-OH is 1. The molecule has 18 atom stereocenters. The van der Waals surface area contributed by atoms with E-state index >= 15 is 0 Å². The summed E-state index contributed by atoms with van der Waals surface area (Å²) in [6.45, 7) is 22.5. The van der Waals surface area contributed by atoms with Crippen molar-refractivity contribution in [1.29, 1.82) is 0 Å². The molecule has 20 nitrogen and oxygen atoms in total. The summed E-state index contributed by atoms with van der Waals surface area (Å²) in [7, 11) is 8.98. The lowest BCUT2D eigenvalue weighted by atomic mass is 9.74. The van der Waals surface area contributed by atoms with E-state index in [-0.39, 0.29) is 42.8 Å². The highest BCUT2D eigenvalue weighted by Crippen LogP contribution is 2.44. The van der Waals surface area contributed by atoms with Gasteiger partial charge < -0.3 is 71.9 Å². The summed E-state index contributed by atoms with van der Waals surface area (Å²) in [4.78, 5) is 71.3. The average molecular weight is 1100 g/mol. The van der Waals surface area contributed by atoms with E-state index in [9.17, 15) is 34.2 Å². The Hall–Kier alpha value is -4.09. The SMILES string of the molecule is CC[C@@H]1OC(=O)[C@H](C)[C@H](O[C@@H]2C[C@](C)(OC)[C@H](OCCCN(C)CCCc3ccc4c(c3)c(=O)c(C(=O)O)cn4CC)[C@H](C)O2)[C@@H](C)[C@H](O[C@H]2O[C@@H](C)C[C@@H](N(C)C)[C@H]2O)[C@](C)(OC)C[C@H](C)C(=O)[C@H](C)[C@H]2OC(=O)O[C@@]12C. The second-order valence-corrected chi connectivity index (χ2v) is 23.5. The highest BCUT2D eigenvalue weighted by atomic mass is 16.8. The zero-order valence-corrected chi connectivity index (χ0v) is 49.1. The minimum atomic E-state index is -1.50. The van der Waals surface area contributed by atoms with Crippen LogP contribution in [0.4, 0.5) is 4.79 Å². The first kappa shape index (κ1) is 63.1. The molecule has 0 radical (unpaired) electrons. The molecule has 1 aromatic heterocycles. The lowest BCUT2D eigenvalue weighted by Gasteiger charge is -2.50. The Kier molecular flexibility index (Phi) is 21.2. The molecule has 4 aliphatic rings. The Morgan fingerprint density at radius 3 is 2.15 bits per heavy atom. The van der Waals surface area contributed by atoms with Crippen LogP contribution in [0, 0.1) is 23.7 Å². The van der Waals surface area contributed by atoms with Crippen molar-refractivity contribution in [2.24, 2.45) is 23.7 Å². The van der Waals surface area contributed by atoms with Crippen molar-refractivity contribution in [3.05, 3.63) is 45.7 Å². The van der Waals surface area contributed by atoms with Crippen molar-refractivity contribution in [1.82, 2.24) is 14.4 Å². The van der Waals surface area contributed by atoms with Gasteiger partial charge in [-0.25, -0.2) is 9.59 Å². The standard InChI is InChI=1S/C58H91N3O17/c1-17-43-58(11)50(77-55(68)78-58)34(5)45(62)32(3)29-56(9,69-15)49(76-54-47(64)42(59(12)13)27-33(4)72-54)35(6)48(36(7)53(67)74-43)75-44-30-57(10,70-16)51(37(8)73-44)71-26-20-25-60(14)24-19-21-38-22-23-41-39(28-38)46(63)40(52(65)66)31-61(41)18-2/h22-23,28,31-37,42-44,47-51,54,64H,17-21,24-27,29-30H2,1-16H3,(H,65,66)/t32-,33-,34-,35+,36+,37-,42+,43-,44+,47+,48+,49-,50+,51+,54+,56+,57-,58-/m0/s1. The Morgan fingerprint density at radius 1 is 0.859 bits per heavy atom. The summed E-state index contributed by atoms with van der Waals surface area (Å²) in [6.07, 6.45) is -4.77. The molecule has 0 aliphatic carbocycles. The maximum absolute atomic E-state index is 14.8. The molecule has 4 fully saturated rings. The number of aliphatic hydroxyl groups is 1. The van der Waals surface area contributed by atoms with Crippen LogP contribution >= 0.6 is 0 Å². The Labute approximate surface area is 460 Å². The number of hydrogen-bond acceptors (Lipinski definition) is 18. The summed E-state index contributed by atoms with van der Waals surface area (Å²) in [5.74, 6) is -5.40. The molecule has 6 rings (SSSR count). The van der Waals surface area contributed by atoms with Gasteiger partial charge in [0.1, 0.15) is 29.7 Å². The van der Waals surface area contributed by atoms with Crippen molar-refractivity contribution in [2.45, 2.75) is 212 Å². The molecule has 0 saturated carbocycles. The Morgan fingerprint density at radius 2 is 1.53 bits per heavy atom. The number of rotatable bonds is 19. The van der Waals surface area contributed by atoms with E-state index < -0.39 is 119 Å². The predicted molar refractivity (Wildman–Crippen MR) is 289 cm³/mol. The molecule has 1 aromatic carbocycles. The number of benzene rings is 1. The quantitative estimate of drug-likeness (QED) is 0.111. The fourth-order valence-corrected chi connectivity index (χ4v) is 12.7. The number of aromatic nitrogens is 1. The van der Waals surface area contributed by atoms with Gasteiger partial charge in [0.05, 0.1) is 53.0 Å². The first-order valence-electron chi connectivity index (χ1n) is 28.1. The highest BCUT2D eigenvalue weighted by molar-refractivity contribution is 5.92. The third kappa shape index (κ3) is 13.6. The van der Waals surface area contributed by atoms with Gasteiger partial charge in [-0.15, -0.1) is 0 Å². The van der Waals surface area contributed by atoms with E-state index in [1.54, 1.807) is 46.3 Å². The topological polar surface area (TPSA) is 230 Å². The minimum absolute atomic E-state index is 0.124. The molecule has 4 aliphatic heterocycles. The number of fused-ring (bicyclic) bond motifs is 2. The number of esters is 1. The van der Waals surface area contributed by atoms with Crippen molar-refractivity contribution in [2.75, 3.05) is 55.1 Å². The number of methoxy groups -OCH3 is 2. The van der Waals surface area contributed by atoms with E-state index in [1.807, 2.05) is 85.8 Å². The number of Topliss-reactive ketones (excluding diaryl/α,β-unsaturated/α-hetero) is 1. The number of likely N-dealkylation sites (N-methyl/N-ethyl adjacent to an activating group) is 1. The second-order valence-electron chi connectivity index (χ2n) is 23.5. The van der Waals surface area contributed by atoms with Crippen molar-refractivity contribution in [3.63, 3.8) is 0 Å². The lowest BCUT2D eigenvalue weighted by molar-refractivity contribution is -0.322. The summed E-state index contributed by atoms with van der Waals surface area (Å²) in [6, 6.07) is 5.39. The molecule has 2 N–H and O–H groups in total. The van der Waals surface area contributed by atoms with E-state index in [2.05, 4.69) is 4.90 Å². The predicted octanol–water partition coefficient (Wildman–Crippen LogP) is 6.63. The van der Waals surface area contributed by atoms with Gasteiger partial charge in [0.15, 0.2) is 24.3 Å². The molecule has 78 heavy (non-hydrogen) atoms. The van der Waals surface area contributed by atoms with E-state index in [1.165, 1.54) is 13.3 Å². The number of pyridine rings is 1. The van der Waals surface area contributed by atoms with Gasteiger partial charge in [-0.1, -0.05) is 33.8 Å². The van der Waals surface area contributed by atoms with Crippen molar-refractivity contribution in [3.8, 4) is 0 Å². The van der Waals surface area contributed by atoms with Gasteiger partial charge in [-0.05, 0) is 132 Å². The van der Waals surface area contributed by atoms with E-state index in [0.717, 1.165) is 25.1 Å². The van der Waals surface area contributed by atoms with Crippen LogP contribution in [0.3, 0.4) is 0 Å². The third-order valence-corrected chi connectivity index (χ3v) is 17.4. The van der Waals surface area contributed by atoms with Crippen LogP contribution in [0.5, 0.6) is 0 Å². The van der Waals surface area contributed by atoms with Crippen molar-refractivity contribution < 1.29 is 76.8 Å². The monoisotopic (exact) mass is 1100 g/mol. The molecule has 20 heteroatoms.